The lowest BCUT2D eigenvalue weighted by atomic mass is 10.1. The predicted molar refractivity (Wildman–Crippen MR) is 90.0 cm³/mol. The summed E-state index contributed by atoms with van der Waals surface area (Å²) >= 11 is 0. The van der Waals surface area contributed by atoms with Gasteiger partial charge in [-0.15, -0.1) is 0 Å². The van der Waals surface area contributed by atoms with Gasteiger partial charge in [0.25, 0.3) is 5.91 Å². The van der Waals surface area contributed by atoms with Crippen LogP contribution in [0.1, 0.15) is 23.2 Å². The average Bonchev–Trinajstić information content (AvgIpc) is 2.64. The molecule has 1 amide bonds. The molecule has 1 aliphatic heterocycles. The van der Waals surface area contributed by atoms with Crippen LogP contribution in [-0.2, 0) is 4.74 Å². The van der Waals surface area contributed by atoms with Crippen LogP contribution in [0.4, 0.5) is 13.2 Å². The molecule has 1 aromatic heterocycles. The van der Waals surface area contributed by atoms with Gasteiger partial charge in [-0.2, -0.15) is 13.2 Å². The third-order valence-electron chi connectivity index (χ3n) is 4.42. The van der Waals surface area contributed by atoms with Crippen molar-refractivity contribution < 1.29 is 31.9 Å². The lowest BCUT2D eigenvalue weighted by molar-refractivity contribution is -0.147. The zero-order valence-electron chi connectivity index (χ0n) is 14.5. The summed E-state index contributed by atoms with van der Waals surface area (Å²) in [7, 11) is 1.39. The standard InChI is InChI=1S/C18H18F3NO5/c1-25-14-4-2-3-11-9-13(17(24)27-15(11)14)16(23)22(10-18(19,20)21)12-5-7-26-8-6-12/h2-4,9,12H,5-8,10H2,1H3. The van der Waals surface area contributed by atoms with Crippen molar-refractivity contribution in [2.75, 3.05) is 26.9 Å². The molecule has 1 saturated heterocycles. The summed E-state index contributed by atoms with van der Waals surface area (Å²) in [5.41, 5.74) is -1.31. The Hall–Kier alpha value is -2.55. The van der Waals surface area contributed by atoms with Gasteiger partial charge < -0.3 is 18.8 Å². The Morgan fingerprint density at radius 1 is 1.30 bits per heavy atom. The number of amides is 1. The van der Waals surface area contributed by atoms with Gasteiger partial charge in [-0.3, -0.25) is 4.79 Å². The molecule has 0 saturated carbocycles. The Bertz CT molecular complexity index is 887. The molecule has 6 nitrogen and oxygen atoms in total. The number of benzene rings is 1. The van der Waals surface area contributed by atoms with Crippen molar-refractivity contribution in [3.8, 4) is 5.75 Å². The minimum absolute atomic E-state index is 0.134. The van der Waals surface area contributed by atoms with Gasteiger partial charge in [0.2, 0.25) is 0 Å². The summed E-state index contributed by atoms with van der Waals surface area (Å²) in [5, 5.41) is 0.385. The minimum atomic E-state index is -4.59. The van der Waals surface area contributed by atoms with Crippen molar-refractivity contribution in [1.82, 2.24) is 4.90 Å². The second kappa shape index (κ2) is 7.59. The van der Waals surface area contributed by atoms with Gasteiger partial charge >= 0.3 is 11.8 Å². The van der Waals surface area contributed by atoms with Gasteiger partial charge in [-0.05, 0) is 25.0 Å². The first-order valence-corrected chi connectivity index (χ1v) is 8.36. The molecule has 3 rings (SSSR count). The normalized spacial score (nSPS) is 15.7. The molecule has 146 valence electrons. The molecule has 0 bridgehead atoms. The van der Waals surface area contributed by atoms with E-state index in [1.54, 1.807) is 18.2 Å². The smallest absolute Gasteiger partial charge is 0.406 e. The van der Waals surface area contributed by atoms with E-state index < -0.39 is 35.9 Å². The molecule has 1 aromatic carbocycles. The van der Waals surface area contributed by atoms with Crippen molar-refractivity contribution in [2.45, 2.75) is 25.1 Å². The van der Waals surface area contributed by atoms with Gasteiger partial charge in [0.05, 0.1) is 7.11 Å². The first-order valence-electron chi connectivity index (χ1n) is 8.36. The molecule has 0 N–H and O–H groups in total. The van der Waals surface area contributed by atoms with E-state index in [1.807, 2.05) is 0 Å². The van der Waals surface area contributed by atoms with E-state index in [2.05, 4.69) is 0 Å². The zero-order chi connectivity index (χ0) is 19.6. The van der Waals surface area contributed by atoms with E-state index >= 15 is 0 Å². The SMILES string of the molecule is COc1cccc2cc(C(=O)N(CC(F)(F)F)C3CCOCC3)c(=O)oc12. The highest BCUT2D eigenvalue weighted by molar-refractivity contribution is 5.97. The number of fused-ring (bicyclic) bond motifs is 1. The molecule has 0 atom stereocenters. The highest BCUT2D eigenvalue weighted by atomic mass is 19.4. The predicted octanol–water partition coefficient (Wildman–Crippen LogP) is 2.99. The van der Waals surface area contributed by atoms with Crippen molar-refractivity contribution in [2.24, 2.45) is 0 Å². The van der Waals surface area contributed by atoms with Gasteiger partial charge in [0.1, 0.15) is 12.1 Å². The second-order valence-electron chi connectivity index (χ2n) is 6.22. The van der Waals surface area contributed by atoms with Crippen LogP contribution in [0, 0.1) is 0 Å². The van der Waals surface area contributed by atoms with Crippen LogP contribution in [0.25, 0.3) is 11.0 Å². The van der Waals surface area contributed by atoms with Gasteiger partial charge in [0.15, 0.2) is 11.3 Å². The van der Waals surface area contributed by atoms with E-state index in [4.69, 9.17) is 13.9 Å². The summed E-state index contributed by atoms with van der Waals surface area (Å²) in [5.74, 6) is -0.710. The summed E-state index contributed by atoms with van der Waals surface area (Å²) in [6.07, 6.45) is -4.04. The van der Waals surface area contributed by atoms with Crippen LogP contribution >= 0.6 is 0 Å². The number of alkyl halides is 3. The molecule has 1 fully saturated rings. The van der Waals surface area contributed by atoms with Gasteiger partial charge in [0, 0.05) is 24.6 Å². The van der Waals surface area contributed by atoms with Crippen molar-refractivity contribution in [1.29, 1.82) is 0 Å². The summed E-state index contributed by atoms with van der Waals surface area (Å²) in [6.45, 7) is -0.919. The number of nitrogens with zero attached hydrogens (tertiary/aromatic N) is 1. The average molecular weight is 385 g/mol. The highest BCUT2D eigenvalue weighted by Gasteiger charge is 2.38. The molecule has 1 aliphatic rings. The number of carbonyl (C=O) groups excluding carboxylic acids is 1. The highest BCUT2D eigenvalue weighted by Crippen LogP contribution is 2.27. The summed E-state index contributed by atoms with van der Waals surface area (Å²) in [6, 6.07) is 5.37. The summed E-state index contributed by atoms with van der Waals surface area (Å²) < 4.78 is 54.6. The molecular weight excluding hydrogens is 367 g/mol. The Morgan fingerprint density at radius 3 is 2.63 bits per heavy atom. The number of para-hydroxylation sites is 1. The van der Waals surface area contributed by atoms with Crippen LogP contribution < -0.4 is 10.4 Å². The van der Waals surface area contributed by atoms with E-state index in [1.165, 1.54) is 13.2 Å². The molecule has 0 unspecified atom stereocenters. The number of hydrogen-bond donors (Lipinski definition) is 0. The number of hydrogen-bond acceptors (Lipinski definition) is 5. The lowest BCUT2D eigenvalue weighted by Gasteiger charge is -2.34. The maximum absolute atomic E-state index is 13.0. The quantitative estimate of drug-likeness (QED) is 0.757. The lowest BCUT2D eigenvalue weighted by Crippen LogP contribution is -2.48. The van der Waals surface area contributed by atoms with Crippen molar-refractivity contribution in [3.05, 3.63) is 40.2 Å². The number of rotatable bonds is 4. The summed E-state index contributed by atoms with van der Waals surface area (Å²) in [4.78, 5) is 25.8. The first-order chi connectivity index (χ1) is 12.8. The van der Waals surface area contributed by atoms with Gasteiger partial charge in [-0.1, -0.05) is 12.1 Å². The molecule has 0 aliphatic carbocycles. The van der Waals surface area contributed by atoms with Crippen LogP contribution in [0.2, 0.25) is 0 Å². The van der Waals surface area contributed by atoms with Crippen LogP contribution in [0.3, 0.4) is 0 Å². The molecule has 27 heavy (non-hydrogen) atoms. The van der Waals surface area contributed by atoms with E-state index in [0.29, 0.717) is 16.0 Å². The van der Waals surface area contributed by atoms with Crippen LogP contribution in [0.5, 0.6) is 5.75 Å². The molecule has 0 spiro atoms. The largest absolute Gasteiger partial charge is 0.493 e. The number of carbonyl (C=O) groups is 1. The molecule has 2 aromatic rings. The number of ether oxygens (including phenoxy) is 2. The van der Waals surface area contributed by atoms with Crippen molar-refractivity contribution >= 4 is 16.9 Å². The zero-order valence-corrected chi connectivity index (χ0v) is 14.5. The Balaban J connectivity index is 2.02. The third-order valence-corrected chi connectivity index (χ3v) is 4.42. The molecule has 0 radical (unpaired) electrons. The van der Waals surface area contributed by atoms with Gasteiger partial charge in [-0.25, -0.2) is 4.79 Å². The fraction of sp³-hybridized carbons (Fsp3) is 0.444. The second-order valence-corrected chi connectivity index (χ2v) is 6.22. The van der Waals surface area contributed by atoms with Crippen LogP contribution in [-0.4, -0.2) is 49.9 Å². The fourth-order valence-electron chi connectivity index (χ4n) is 3.14. The fourth-order valence-corrected chi connectivity index (χ4v) is 3.14. The van der Waals surface area contributed by atoms with E-state index in [0.717, 1.165) is 0 Å². The monoisotopic (exact) mass is 385 g/mol. The Kier molecular flexibility index (Phi) is 5.41. The number of methoxy groups -OCH3 is 1. The third kappa shape index (κ3) is 4.24. The van der Waals surface area contributed by atoms with E-state index in [9.17, 15) is 22.8 Å². The number of halogens is 3. The van der Waals surface area contributed by atoms with E-state index in [-0.39, 0.29) is 31.6 Å². The maximum atomic E-state index is 13.0. The Morgan fingerprint density at radius 2 is 2.00 bits per heavy atom. The Labute approximate surface area is 152 Å². The maximum Gasteiger partial charge on any atom is 0.406 e. The first kappa shape index (κ1) is 19.2. The van der Waals surface area contributed by atoms with Crippen LogP contribution in [0.15, 0.2) is 33.5 Å². The topological polar surface area (TPSA) is 69.0 Å². The molecule has 9 heteroatoms. The minimum Gasteiger partial charge on any atom is -0.493 e. The molecular formula is C18H18F3NO5. The molecule has 2 heterocycles. The van der Waals surface area contributed by atoms with Crippen molar-refractivity contribution in [3.63, 3.8) is 0 Å².